The molecule has 0 aromatic heterocycles. The van der Waals surface area contributed by atoms with Gasteiger partial charge in [-0.05, 0) is 43.2 Å². The lowest BCUT2D eigenvalue weighted by Crippen LogP contribution is -2.45. The number of rotatable bonds is 7. The van der Waals surface area contributed by atoms with E-state index in [0.717, 1.165) is 5.56 Å². The number of esters is 2. The van der Waals surface area contributed by atoms with Gasteiger partial charge >= 0.3 is 18.0 Å². The van der Waals surface area contributed by atoms with E-state index >= 15 is 0 Å². The number of ether oxygens (including phenoxy) is 2. The molecule has 0 spiro atoms. The zero-order chi connectivity index (χ0) is 23.1. The standard InChI is InChI=1S/C24H24N2O6/c1-3-31-23(29)21-15(2)25-24(30)26-22(21)17-10-11-19(18(13-17)14-27)32-20(28)12-9-16-7-5-4-6-8-16/h4-13,22,27H,3,14H2,1-2H3,(H2,25,26,30)/b12-9+. The Kier molecular flexibility index (Phi) is 7.41. The third kappa shape index (κ3) is 5.41. The summed E-state index contributed by atoms with van der Waals surface area (Å²) in [6.07, 6.45) is 2.92. The molecular formula is C24H24N2O6. The Bertz CT molecular complexity index is 1080. The number of hydrogen-bond donors (Lipinski definition) is 3. The van der Waals surface area contributed by atoms with Gasteiger partial charge in [-0.15, -0.1) is 0 Å². The molecule has 2 aromatic carbocycles. The van der Waals surface area contributed by atoms with E-state index in [1.807, 2.05) is 30.3 Å². The summed E-state index contributed by atoms with van der Waals surface area (Å²) < 4.78 is 10.5. The topological polar surface area (TPSA) is 114 Å². The van der Waals surface area contributed by atoms with Crippen LogP contribution in [0, 0.1) is 0 Å². The van der Waals surface area contributed by atoms with Crippen molar-refractivity contribution in [1.82, 2.24) is 10.6 Å². The summed E-state index contributed by atoms with van der Waals surface area (Å²) >= 11 is 0. The molecule has 32 heavy (non-hydrogen) atoms. The lowest BCUT2D eigenvalue weighted by atomic mass is 9.94. The molecule has 0 radical (unpaired) electrons. The Morgan fingerprint density at radius 1 is 1.16 bits per heavy atom. The third-order valence-electron chi connectivity index (χ3n) is 4.77. The van der Waals surface area contributed by atoms with Gasteiger partial charge in [0.15, 0.2) is 0 Å². The minimum Gasteiger partial charge on any atom is -0.463 e. The molecular weight excluding hydrogens is 412 g/mol. The molecule has 0 bridgehead atoms. The second-order valence-corrected chi connectivity index (χ2v) is 6.98. The van der Waals surface area contributed by atoms with Crippen molar-refractivity contribution in [1.29, 1.82) is 0 Å². The smallest absolute Gasteiger partial charge is 0.338 e. The fraction of sp³-hybridized carbons (Fsp3) is 0.208. The number of carbonyl (C=O) groups excluding carboxylic acids is 3. The first-order valence-corrected chi connectivity index (χ1v) is 10.1. The summed E-state index contributed by atoms with van der Waals surface area (Å²) in [5.41, 5.74) is 2.34. The summed E-state index contributed by atoms with van der Waals surface area (Å²) in [6.45, 7) is 3.08. The van der Waals surface area contributed by atoms with Crippen molar-refractivity contribution in [3.05, 3.63) is 82.6 Å². The first-order valence-electron chi connectivity index (χ1n) is 10.1. The summed E-state index contributed by atoms with van der Waals surface area (Å²) in [7, 11) is 0. The van der Waals surface area contributed by atoms with Gasteiger partial charge in [-0.3, -0.25) is 0 Å². The van der Waals surface area contributed by atoms with Crippen LogP contribution < -0.4 is 15.4 Å². The molecule has 166 valence electrons. The van der Waals surface area contributed by atoms with Gasteiger partial charge in [0.2, 0.25) is 0 Å². The predicted molar refractivity (Wildman–Crippen MR) is 117 cm³/mol. The Balaban J connectivity index is 1.84. The minimum atomic E-state index is -0.782. The summed E-state index contributed by atoms with van der Waals surface area (Å²) in [4.78, 5) is 36.7. The van der Waals surface area contributed by atoms with Crippen LogP contribution in [0.5, 0.6) is 5.75 Å². The van der Waals surface area contributed by atoms with Gasteiger partial charge in [-0.2, -0.15) is 0 Å². The van der Waals surface area contributed by atoms with Crippen molar-refractivity contribution >= 4 is 24.0 Å². The van der Waals surface area contributed by atoms with Crippen LogP contribution in [0.25, 0.3) is 6.08 Å². The first-order chi connectivity index (χ1) is 15.4. The lowest BCUT2D eigenvalue weighted by Gasteiger charge is -2.28. The average molecular weight is 436 g/mol. The quantitative estimate of drug-likeness (QED) is 0.349. The molecule has 2 amide bonds. The number of amides is 2. The van der Waals surface area contributed by atoms with Gasteiger partial charge < -0.3 is 25.2 Å². The Hall–Kier alpha value is -3.91. The highest BCUT2D eigenvalue weighted by Crippen LogP contribution is 2.31. The summed E-state index contributed by atoms with van der Waals surface area (Å²) in [5, 5.41) is 15.1. The molecule has 8 heteroatoms. The number of aliphatic hydroxyl groups excluding tert-OH is 1. The fourth-order valence-corrected chi connectivity index (χ4v) is 3.30. The molecule has 8 nitrogen and oxygen atoms in total. The van der Waals surface area contributed by atoms with Crippen molar-refractivity contribution in [3.63, 3.8) is 0 Å². The predicted octanol–water partition coefficient (Wildman–Crippen LogP) is 2.99. The van der Waals surface area contributed by atoms with Crippen LogP contribution >= 0.6 is 0 Å². The minimum absolute atomic E-state index is 0.178. The highest BCUT2D eigenvalue weighted by Gasteiger charge is 2.32. The SMILES string of the molecule is CCOC(=O)C1=C(C)NC(=O)NC1c1ccc(OC(=O)/C=C/c2ccccc2)c(CO)c1. The third-order valence-corrected chi connectivity index (χ3v) is 4.77. The van der Waals surface area contributed by atoms with Crippen molar-refractivity contribution in [3.8, 4) is 5.75 Å². The highest BCUT2D eigenvalue weighted by atomic mass is 16.5. The van der Waals surface area contributed by atoms with E-state index in [0.29, 0.717) is 16.8 Å². The van der Waals surface area contributed by atoms with Crippen molar-refractivity contribution in [2.75, 3.05) is 6.61 Å². The van der Waals surface area contributed by atoms with Crippen LogP contribution in [0.4, 0.5) is 4.79 Å². The number of nitrogens with one attached hydrogen (secondary N) is 2. The largest absolute Gasteiger partial charge is 0.463 e. The van der Waals surface area contributed by atoms with Gasteiger partial charge in [0.05, 0.1) is 24.8 Å². The van der Waals surface area contributed by atoms with E-state index in [4.69, 9.17) is 9.47 Å². The Morgan fingerprint density at radius 2 is 1.91 bits per heavy atom. The summed E-state index contributed by atoms with van der Waals surface area (Å²) in [6, 6.07) is 12.7. The number of carbonyl (C=O) groups is 3. The van der Waals surface area contributed by atoms with Crippen LogP contribution in [0.1, 0.15) is 36.6 Å². The van der Waals surface area contributed by atoms with E-state index in [-0.39, 0.29) is 17.9 Å². The molecule has 3 N–H and O–H groups in total. The van der Waals surface area contributed by atoms with Gasteiger partial charge in [0.25, 0.3) is 0 Å². The monoisotopic (exact) mass is 436 g/mol. The summed E-state index contributed by atoms with van der Waals surface area (Å²) in [5.74, 6) is -0.985. The average Bonchev–Trinajstić information content (AvgIpc) is 2.78. The number of benzene rings is 2. The van der Waals surface area contributed by atoms with Crippen LogP contribution in [0.3, 0.4) is 0 Å². The number of hydrogen-bond acceptors (Lipinski definition) is 6. The molecule has 1 unspecified atom stereocenters. The molecule has 3 rings (SSSR count). The molecule has 0 aliphatic carbocycles. The molecule has 2 aromatic rings. The lowest BCUT2D eigenvalue weighted by molar-refractivity contribution is -0.139. The first kappa shape index (κ1) is 22.8. The molecule has 1 aliphatic rings. The Morgan fingerprint density at radius 3 is 2.59 bits per heavy atom. The second kappa shape index (κ2) is 10.4. The van der Waals surface area contributed by atoms with E-state index < -0.39 is 30.6 Å². The number of allylic oxidation sites excluding steroid dienone is 1. The normalized spacial score (nSPS) is 15.8. The second-order valence-electron chi connectivity index (χ2n) is 6.98. The molecule has 0 saturated heterocycles. The van der Waals surface area contributed by atoms with E-state index in [9.17, 15) is 19.5 Å². The zero-order valence-electron chi connectivity index (χ0n) is 17.8. The maximum Gasteiger partial charge on any atom is 0.338 e. The molecule has 1 heterocycles. The van der Waals surface area contributed by atoms with Gasteiger partial charge in [0, 0.05) is 17.3 Å². The van der Waals surface area contributed by atoms with Crippen LogP contribution in [0.2, 0.25) is 0 Å². The molecule has 1 aliphatic heterocycles. The van der Waals surface area contributed by atoms with Crippen LogP contribution in [0.15, 0.2) is 65.9 Å². The van der Waals surface area contributed by atoms with Crippen molar-refractivity contribution in [2.45, 2.75) is 26.5 Å². The highest BCUT2D eigenvalue weighted by molar-refractivity contribution is 5.95. The zero-order valence-corrected chi connectivity index (χ0v) is 17.8. The molecule has 0 saturated carbocycles. The van der Waals surface area contributed by atoms with E-state index in [1.54, 1.807) is 32.1 Å². The van der Waals surface area contributed by atoms with Gasteiger partial charge in [-0.1, -0.05) is 36.4 Å². The van der Waals surface area contributed by atoms with Gasteiger partial charge in [0.1, 0.15) is 5.75 Å². The molecule has 0 fully saturated rings. The Labute approximate surface area is 185 Å². The van der Waals surface area contributed by atoms with Crippen molar-refractivity contribution in [2.24, 2.45) is 0 Å². The fourth-order valence-electron chi connectivity index (χ4n) is 3.30. The maximum absolute atomic E-state index is 12.5. The van der Waals surface area contributed by atoms with Crippen LogP contribution in [-0.4, -0.2) is 29.7 Å². The van der Waals surface area contributed by atoms with E-state index in [1.165, 1.54) is 12.1 Å². The van der Waals surface area contributed by atoms with Gasteiger partial charge in [-0.25, -0.2) is 14.4 Å². The molecule has 1 atom stereocenters. The number of urea groups is 1. The van der Waals surface area contributed by atoms with Crippen LogP contribution in [-0.2, 0) is 20.9 Å². The van der Waals surface area contributed by atoms with Crippen molar-refractivity contribution < 1.29 is 29.0 Å². The number of aliphatic hydroxyl groups is 1. The maximum atomic E-state index is 12.5. The van der Waals surface area contributed by atoms with E-state index in [2.05, 4.69) is 10.6 Å².